The van der Waals surface area contributed by atoms with Crippen molar-refractivity contribution in [3.05, 3.63) is 87.1 Å². The summed E-state index contributed by atoms with van der Waals surface area (Å²) in [6.45, 7) is 7.24. The second kappa shape index (κ2) is 8.67. The third-order valence-electron chi connectivity index (χ3n) is 6.98. The zero-order chi connectivity index (χ0) is 23.1. The van der Waals surface area contributed by atoms with Gasteiger partial charge in [-0.25, -0.2) is 0 Å². The zero-order valence-corrected chi connectivity index (χ0v) is 20.1. The van der Waals surface area contributed by atoms with Crippen LogP contribution in [0, 0.1) is 13.8 Å². The number of fused-ring (bicyclic) bond motifs is 1. The summed E-state index contributed by atoms with van der Waals surface area (Å²) in [6.07, 6.45) is 0. The van der Waals surface area contributed by atoms with E-state index in [0.717, 1.165) is 23.5 Å². The summed E-state index contributed by atoms with van der Waals surface area (Å²) in [7, 11) is 1.82. The molecule has 0 saturated carbocycles. The molecule has 2 amide bonds. The first-order valence-corrected chi connectivity index (χ1v) is 12.3. The minimum atomic E-state index is -0.394. The van der Waals surface area contributed by atoms with Crippen LogP contribution in [-0.2, 0) is 4.79 Å². The molecule has 170 valence electrons. The molecular formula is C27H29N3O2S. The molecule has 6 heteroatoms. The molecule has 1 aromatic heterocycles. The summed E-state index contributed by atoms with van der Waals surface area (Å²) in [5, 5.41) is 2.01. The molecule has 2 aliphatic rings. The van der Waals surface area contributed by atoms with Gasteiger partial charge in [-0.3, -0.25) is 9.59 Å². The first-order chi connectivity index (χ1) is 16.0. The van der Waals surface area contributed by atoms with E-state index in [0.29, 0.717) is 18.7 Å². The van der Waals surface area contributed by atoms with E-state index in [1.807, 2.05) is 53.7 Å². The number of benzene rings is 2. The molecule has 5 nitrogen and oxygen atoms in total. The Morgan fingerprint density at radius 3 is 2.45 bits per heavy atom. The van der Waals surface area contributed by atoms with E-state index in [9.17, 15) is 9.59 Å². The van der Waals surface area contributed by atoms with E-state index >= 15 is 0 Å². The minimum Gasteiger partial charge on any atom is -0.368 e. The minimum absolute atomic E-state index is 0.0206. The molecule has 3 aromatic rings. The van der Waals surface area contributed by atoms with Gasteiger partial charge in [0.25, 0.3) is 5.91 Å². The highest BCUT2D eigenvalue weighted by Crippen LogP contribution is 2.44. The molecule has 2 unspecified atom stereocenters. The van der Waals surface area contributed by atoms with Crippen molar-refractivity contribution in [3.8, 4) is 0 Å². The number of rotatable bonds is 3. The average molecular weight is 460 g/mol. The van der Waals surface area contributed by atoms with Gasteiger partial charge in [0, 0.05) is 49.4 Å². The molecule has 2 aromatic carbocycles. The molecule has 1 fully saturated rings. The Morgan fingerprint density at radius 2 is 1.73 bits per heavy atom. The fraction of sp³-hybridized carbons (Fsp3) is 0.333. The van der Waals surface area contributed by atoms with Crippen LogP contribution in [0.15, 0.2) is 60.0 Å². The lowest BCUT2D eigenvalue weighted by molar-refractivity contribution is -0.134. The Kier molecular flexibility index (Phi) is 5.71. The SMILES string of the molecule is Cc1ccc(C)c(N2CCN(C(=O)C3c4ccccc4C(=O)N(C)C3c3cccs3)CC2)c1. The van der Waals surface area contributed by atoms with Crippen molar-refractivity contribution >= 4 is 28.8 Å². The third-order valence-corrected chi connectivity index (χ3v) is 7.92. The molecule has 0 bridgehead atoms. The maximum atomic E-state index is 14.0. The van der Waals surface area contributed by atoms with Crippen molar-refractivity contribution in [2.24, 2.45) is 0 Å². The Hall–Kier alpha value is -3.12. The van der Waals surface area contributed by atoms with Gasteiger partial charge >= 0.3 is 0 Å². The number of hydrogen-bond donors (Lipinski definition) is 0. The number of thiophene rings is 1. The molecule has 2 aliphatic heterocycles. The standard InChI is InChI=1S/C27H29N3O2S/c1-18-10-11-19(2)22(17-18)29-12-14-30(15-13-29)27(32)24-20-7-4-5-8-21(20)26(31)28(3)25(24)23-9-6-16-33-23/h4-11,16-17,24-25H,12-15H2,1-3H3. The van der Waals surface area contributed by atoms with Crippen LogP contribution in [0.4, 0.5) is 5.69 Å². The molecule has 0 spiro atoms. The Balaban J connectivity index is 1.43. The number of aryl methyl sites for hydroxylation is 2. The topological polar surface area (TPSA) is 43.9 Å². The maximum Gasteiger partial charge on any atom is 0.254 e. The van der Waals surface area contributed by atoms with Gasteiger partial charge in [-0.15, -0.1) is 11.3 Å². The summed E-state index contributed by atoms with van der Waals surface area (Å²) in [6, 6.07) is 17.9. The van der Waals surface area contributed by atoms with Crippen LogP contribution in [0.5, 0.6) is 0 Å². The predicted octanol–water partition coefficient (Wildman–Crippen LogP) is 4.62. The second-order valence-corrected chi connectivity index (χ2v) is 10.0. The lowest BCUT2D eigenvalue weighted by Crippen LogP contribution is -2.53. The quantitative estimate of drug-likeness (QED) is 0.574. The van der Waals surface area contributed by atoms with Gasteiger partial charge < -0.3 is 14.7 Å². The van der Waals surface area contributed by atoms with Crippen LogP contribution in [0.25, 0.3) is 0 Å². The van der Waals surface area contributed by atoms with Crippen molar-refractivity contribution in [2.75, 3.05) is 38.1 Å². The van der Waals surface area contributed by atoms with Crippen LogP contribution in [0.1, 0.15) is 43.9 Å². The van der Waals surface area contributed by atoms with Gasteiger partial charge in [0.1, 0.15) is 0 Å². The number of carbonyl (C=O) groups is 2. The number of likely N-dealkylation sites (N-methyl/N-ethyl adjacent to an activating group) is 1. The normalized spacial score (nSPS) is 20.7. The number of amides is 2. The van der Waals surface area contributed by atoms with Gasteiger partial charge in [0.2, 0.25) is 5.91 Å². The molecule has 2 atom stereocenters. The highest BCUT2D eigenvalue weighted by atomic mass is 32.1. The fourth-order valence-electron chi connectivity index (χ4n) is 5.18. The van der Waals surface area contributed by atoms with Crippen molar-refractivity contribution < 1.29 is 9.59 Å². The van der Waals surface area contributed by atoms with Gasteiger partial charge in [0.05, 0.1) is 12.0 Å². The van der Waals surface area contributed by atoms with E-state index in [2.05, 4.69) is 36.9 Å². The fourth-order valence-corrected chi connectivity index (χ4v) is 6.09. The monoisotopic (exact) mass is 459 g/mol. The molecule has 1 saturated heterocycles. The van der Waals surface area contributed by atoms with Crippen LogP contribution < -0.4 is 4.90 Å². The van der Waals surface area contributed by atoms with Crippen molar-refractivity contribution in [3.63, 3.8) is 0 Å². The number of carbonyl (C=O) groups excluding carboxylic acids is 2. The number of piperazine rings is 1. The van der Waals surface area contributed by atoms with Crippen LogP contribution in [-0.4, -0.2) is 54.8 Å². The average Bonchev–Trinajstić information content (AvgIpc) is 3.37. The molecular weight excluding hydrogens is 430 g/mol. The van der Waals surface area contributed by atoms with E-state index < -0.39 is 5.92 Å². The summed E-state index contributed by atoms with van der Waals surface area (Å²) < 4.78 is 0. The second-order valence-electron chi connectivity index (χ2n) is 9.04. The van der Waals surface area contributed by atoms with Crippen molar-refractivity contribution in [1.82, 2.24) is 9.80 Å². The van der Waals surface area contributed by atoms with Crippen molar-refractivity contribution in [1.29, 1.82) is 0 Å². The van der Waals surface area contributed by atoms with Crippen LogP contribution in [0.3, 0.4) is 0 Å². The molecule has 0 N–H and O–H groups in total. The largest absolute Gasteiger partial charge is 0.368 e. The van der Waals surface area contributed by atoms with Gasteiger partial charge in [-0.2, -0.15) is 0 Å². The first-order valence-electron chi connectivity index (χ1n) is 11.5. The molecule has 5 rings (SSSR count). The zero-order valence-electron chi connectivity index (χ0n) is 19.3. The number of nitrogens with zero attached hydrogens (tertiary/aromatic N) is 3. The lowest BCUT2D eigenvalue weighted by atomic mass is 9.81. The summed E-state index contributed by atoms with van der Waals surface area (Å²) in [5.41, 5.74) is 5.26. The highest BCUT2D eigenvalue weighted by molar-refractivity contribution is 7.10. The lowest BCUT2D eigenvalue weighted by Gasteiger charge is -2.43. The third kappa shape index (κ3) is 3.82. The summed E-state index contributed by atoms with van der Waals surface area (Å²) in [5.74, 6) is -0.302. The summed E-state index contributed by atoms with van der Waals surface area (Å²) >= 11 is 1.61. The van der Waals surface area contributed by atoms with Gasteiger partial charge in [-0.05, 0) is 54.1 Å². The summed E-state index contributed by atoms with van der Waals surface area (Å²) in [4.78, 5) is 34.3. The van der Waals surface area contributed by atoms with Gasteiger partial charge in [-0.1, -0.05) is 36.4 Å². The van der Waals surface area contributed by atoms with E-state index in [1.54, 1.807) is 16.2 Å². The number of anilines is 1. The number of hydrogen-bond acceptors (Lipinski definition) is 4. The van der Waals surface area contributed by atoms with Gasteiger partial charge in [0.15, 0.2) is 0 Å². The van der Waals surface area contributed by atoms with E-state index in [-0.39, 0.29) is 17.9 Å². The maximum absolute atomic E-state index is 14.0. The van der Waals surface area contributed by atoms with E-state index in [1.165, 1.54) is 16.8 Å². The van der Waals surface area contributed by atoms with E-state index in [4.69, 9.17) is 0 Å². The first kappa shape index (κ1) is 21.7. The molecule has 0 aliphatic carbocycles. The smallest absolute Gasteiger partial charge is 0.254 e. The highest BCUT2D eigenvalue weighted by Gasteiger charge is 2.44. The van der Waals surface area contributed by atoms with Crippen LogP contribution in [0.2, 0.25) is 0 Å². The Labute approximate surface area is 199 Å². The van der Waals surface area contributed by atoms with Crippen LogP contribution >= 0.6 is 11.3 Å². The predicted molar refractivity (Wildman–Crippen MR) is 133 cm³/mol. The molecule has 3 heterocycles. The Morgan fingerprint density at radius 1 is 0.970 bits per heavy atom. The van der Waals surface area contributed by atoms with Crippen molar-refractivity contribution in [2.45, 2.75) is 25.8 Å². The molecule has 0 radical (unpaired) electrons. The Bertz CT molecular complexity index is 1180. The molecule has 33 heavy (non-hydrogen) atoms.